The Morgan fingerprint density at radius 3 is 2.94 bits per heavy atom. The zero-order valence-corrected chi connectivity index (χ0v) is 12.4. The molecule has 1 aromatic carbocycles. The van der Waals surface area contributed by atoms with Crippen molar-refractivity contribution in [3.05, 3.63) is 33.2 Å². The first kappa shape index (κ1) is 13.8. The molecular weight excluding hydrogens is 321 g/mol. The third-order valence-electron chi connectivity index (χ3n) is 2.76. The Bertz CT molecular complexity index is 555. The molecule has 0 amide bonds. The summed E-state index contributed by atoms with van der Waals surface area (Å²) in [6.45, 7) is 3.87. The molecule has 0 fully saturated rings. The van der Waals surface area contributed by atoms with Crippen LogP contribution >= 0.6 is 27.5 Å². The maximum Gasteiger partial charge on any atom is 0.153 e. The van der Waals surface area contributed by atoms with E-state index < -0.39 is 5.82 Å². The Hall–Kier alpha value is -0.580. The van der Waals surface area contributed by atoms with E-state index in [1.54, 1.807) is 6.26 Å². The highest BCUT2D eigenvalue weighted by Gasteiger charge is 2.16. The normalized spacial score (nSPS) is 11.3. The molecule has 1 aromatic heterocycles. The van der Waals surface area contributed by atoms with Crippen molar-refractivity contribution in [2.45, 2.75) is 19.8 Å². The number of hydrogen-bond acceptors (Lipinski definition) is 2. The number of nitrogens with one attached hydrogen (secondary N) is 1. The molecule has 1 N–H and O–H groups in total. The average Bonchev–Trinajstić information content (AvgIpc) is 2.76. The van der Waals surface area contributed by atoms with Crippen LogP contribution in [0.2, 0.25) is 5.02 Å². The first-order valence-electron chi connectivity index (χ1n) is 5.89. The maximum absolute atomic E-state index is 14.0. The Balaban J connectivity index is 2.29. The lowest BCUT2D eigenvalue weighted by Crippen LogP contribution is -2.17. The van der Waals surface area contributed by atoms with E-state index in [1.165, 1.54) is 6.07 Å². The first-order chi connectivity index (χ1) is 8.65. The van der Waals surface area contributed by atoms with Crippen LogP contribution in [0.15, 0.2) is 21.2 Å². The molecule has 2 rings (SSSR count). The highest BCUT2D eigenvalue weighted by molar-refractivity contribution is 9.10. The van der Waals surface area contributed by atoms with Crippen LogP contribution in [0.3, 0.4) is 0 Å². The molecule has 0 aliphatic heterocycles. The largest absolute Gasteiger partial charge is 0.463 e. The fourth-order valence-electron chi connectivity index (χ4n) is 1.88. The Kier molecular flexibility index (Phi) is 4.65. The third kappa shape index (κ3) is 2.71. The molecule has 98 valence electrons. The van der Waals surface area contributed by atoms with Gasteiger partial charge in [0.2, 0.25) is 0 Å². The zero-order chi connectivity index (χ0) is 13.1. The summed E-state index contributed by atoms with van der Waals surface area (Å²) < 4.78 is 20.1. The van der Waals surface area contributed by atoms with Crippen LogP contribution in [0.4, 0.5) is 4.39 Å². The van der Waals surface area contributed by atoms with Crippen LogP contribution in [0.25, 0.3) is 11.0 Å². The molecule has 2 aromatic rings. The zero-order valence-electron chi connectivity index (χ0n) is 10.0. The van der Waals surface area contributed by atoms with E-state index in [-0.39, 0.29) is 5.02 Å². The SMILES string of the molecule is CCCNCCc1coc2c(Br)cc(Cl)c(F)c12. The van der Waals surface area contributed by atoms with Gasteiger partial charge in [-0.05, 0) is 47.9 Å². The van der Waals surface area contributed by atoms with Gasteiger partial charge in [0.1, 0.15) is 0 Å². The molecular formula is C13H14BrClFNO. The van der Waals surface area contributed by atoms with E-state index in [0.717, 1.165) is 31.5 Å². The lowest BCUT2D eigenvalue weighted by Gasteiger charge is -2.03. The summed E-state index contributed by atoms with van der Waals surface area (Å²) in [4.78, 5) is 0. The molecule has 0 bridgehead atoms. The summed E-state index contributed by atoms with van der Waals surface area (Å²) in [6.07, 6.45) is 3.40. The fourth-order valence-corrected chi connectivity index (χ4v) is 2.73. The summed E-state index contributed by atoms with van der Waals surface area (Å²) in [5, 5.41) is 3.87. The van der Waals surface area contributed by atoms with Gasteiger partial charge in [0.05, 0.1) is 21.1 Å². The van der Waals surface area contributed by atoms with E-state index in [2.05, 4.69) is 28.2 Å². The standard InChI is InChI=1S/C13H14BrClFNO/c1-2-4-17-5-3-8-7-18-13-9(14)6-10(15)12(16)11(8)13/h6-7,17H,2-5H2,1H3. The number of benzene rings is 1. The monoisotopic (exact) mass is 333 g/mol. The van der Waals surface area contributed by atoms with Crippen LogP contribution in [0.5, 0.6) is 0 Å². The predicted molar refractivity (Wildman–Crippen MR) is 75.7 cm³/mol. The van der Waals surface area contributed by atoms with Crippen molar-refractivity contribution in [1.29, 1.82) is 0 Å². The van der Waals surface area contributed by atoms with Crippen molar-refractivity contribution < 1.29 is 8.81 Å². The molecule has 0 atom stereocenters. The molecule has 0 aliphatic rings. The maximum atomic E-state index is 14.0. The second kappa shape index (κ2) is 6.04. The number of furan rings is 1. The molecule has 18 heavy (non-hydrogen) atoms. The lowest BCUT2D eigenvalue weighted by atomic mass is 10.1. The molecule has 1 heterocycles. The highest BCUT2D eigenvalue weighted by atomic mass is 79.9. The number of rotatable bonds is 5. The summed E-state index contributed by atoms with van der Waals surface area (Å²) in [6, 6.07) is 1.52. The van der Waals surface area contributed by atoms with Crippen molar-refractivity contribution >= 4 is 38.5 Å². The van der Waals surface area contributed by atoms with Gasteiger partial charge in [-0.25, -0.2) is 4.39 Å². The minimum absolute atomic E-state index is 0.110. The van der Waals surface area contributed by atoms with Crippen LogP contribution in [0.1, 0.15) is 18.9 Å². The summed E-state index contributed by atoms with van der Waals surface area (Å²) in [7, 11) is 0. The van der Waals surface area contributed by atoms with E-state index in [4.69, 9.17) is 16.0 Å². The Morgan fingerprint density at radius 2 is 2.22 bits per heavy atom. The molecule has 0 radical (unpaired) electrons. The van der Waals surface area contributed by atoms with Gasteiger partial charge >= 0.3 is 0 Å². The van der Waals surface area contributed by atoms with Crippen molar-refractivity contribution in [2.75, 3.05) is 13.1 Å². The van der Waals surface area contributed by atoms with Crippen molar-refractivity contribution in [3.63, 3.8) is 0 Å². The van der Waals surface area contributed by atoms with Gasteiger partial charge < -0.3 is 9.73 Å². The fraction of sp³-hybridized carbons (Fsp3) is 0.385. The van der Waals surface area contributed by atoms with Crippen molar-refractivity contribution in [1.82, 2.24) is 5.32 Å². The molecule has 0 aliphatic carbocycles. The van der Waals surface area contributed by atoms with Crippen molar-refractivity contribution in [2.24, 2.45) is 0 Å². The second-order valence-corrected chi connectivity index (χ2v) is 5.38. The van der Waals surface area contributed by atoms with Gasteiger partial charge in [-0.2, -0.15) is 0 Å². The highest BCUT2D eigenvalue weighted by Crippen LogP contribution is 2.34. The van der Waals surface area contributed by atoms with Crippen LogP contribution < -0.4 is 5.32 Å². The second-order valence-electron chi connectivity index (χ2n) is 4.12. The van der Waals surface area contributed by atoms with E-state index >= 15 is 0 Å². The van der Waals surface area contributed by atoms with Gasteiger partial charge in [-0.3, -0.25) is 0 Å². The van der Waals surface area contributed by atoms with Crippen LogP contribution in [-0.4, -0.2) is 13.1 Å². The van der Waals surface area contributed by atoms with E-state index in [1.807, 2.05) is 0 Å². The Morgan fingerprint density at radius 1 is 1.44 bits per heavy atom. The van der Waals surface area contributed by atoms with Crippen LogP contribution in [-0.2, 0) is 6.42 Å². The van der Waals surface area contributed by atoms with Gasteiger partial charge in [0, 0.05) is 5.56 Å². The van der Waals surface area contributed by atoms with E-state index in [0.29, 0.717) is 15.4 Å². The average molecular weight is 335 g/mol. The Labute approximate surface area is 119 Å². The van der Waals surface area contributed by atoms with Crippen LogP contribution in [0, 0.1) is 5.82 Å². The molecule has 0 saturated carbocycles. The number of hydrogen-bond donors (Lipinski definition) is 1. The molecule has 5 heteroatoms. The van der Waals surface area contributed by atoms with Gasteiger partial charge in [0.25, 0.3) is 0 Å². The summed E-state index contributed by atoms with van der Waals surface area (Å²) in [5.74, 6) is -0.408. The van der Waals surface area contributed by atoms with Gasteiger partial charge in [-0.15, -0.1) is 0 Å². The molecule has 0 spiro atoms. The number of fused-ring (bicyclic) bond motifs is 1. The van der Waals surface area contributed by atoms with Gasteiger partial charge in [0.15, 0.2) is 11.4 Å². The van der Waals surface area contributed by atoms with E-state index in [9.17, 15) is 4.39 Å². The molecule has 0 saturated heterocycles. The predicted octanol–water partition coefficient (Wildman–Crippen LogP) is 4.53. The summed E-state index contributed by atoms with van der Waals surface area (Å²) >= 11 is 9.17. The third-order valence-corrected chi connectivity index (χ3v) is 3.63. The molecule has 2 nitrogen and oxygen atoms in total. The lowest BCUT2D eigenvalue weighted by molar-refractivity contribution is 0.602. The summed E-state index contributed by atoms with van der Waals surface area (Å²) in [5.41, 5.74) is 1.36. The minimum Gasteiger partial charge on any atom is -0.463 e. The smallest absolute Gasteiger partial charge is 0.153 e. The topological polar surface area (TPSA) is 25.2 Å². The van der Waals surface area contributed by atoms with Crippen molar-refractivity contribution in [3.8, 4) is 0 Å². The minimum atomic E-state index is -0.408. The molecule has 0 unspecified atom stereocenters. The number of halogens is 3. The quantitative estimate of drug-likeness (QED) is 0.642. The first-order valence-corrected chi connectivity index (χ1v) is 7.06. The van der Waals surface area contributed by atoms with Gasteiger partial charge in [-0.1, -0.05) is 18.5 Å².